The largest absolute Gasteiger partial charge is 0.365 e. The molecule has 1 aromatic rings. The molecule has 0 saturated carbocycles. The first kappa shape index (κ1) is 15.5. The normalized spacial score (nSPS) is 21.6. The summed E-state index contributed by atoms with van der Waals surface area (Å²) in [5.41, 5.74) is 7.11. The Hall–Kier alpha value is -1.44. The van der Waals surface area contributed by atoms with Crippen LogP contribution in [-0.2, 0) is 17.8 Å². The summed E-state index contributed by atoms with van der Waals surface area (Å²) in [6, 6.07) is -0.160. The number of nitrogens with two attached hydrogens (primary N) is 1. The zero-order valence-electron chi connectivity index (χ0n) is 12.8. The first-order valence-corrected chi connectivity index (χ1v) is 8.62. The molecule has 2 aliphatic rings. The Labute approximate surface area is 134 Å². The summed E-state index contributed by atoms with van der Waals surface area (Å²) >= 11 is 1.49. The highest BCUT2D eigenvalue weighted by atomic mass is 32.1. The van der Waals surface area contributed by atoms with Gasteiger partial charge in [-0.05, 0) is 37.9 Å². The molecule has 2 aliphatic heterocycles. The zero-order chi connectivity index (χ0) is 15.7. The maximum absolute atomic E-state index is 12.3. The van der Waals surface area contributed by atoms with E-state index >= 15 is 0 Å². The number of carbonyl (C=O) groups is 2. The van der Waals surface area contributed by atoms with Crippen LogP contribution in [0.1, 0.15) is 40.6 Å². The van der Waals surface area contributed by atoms with Crippen molar-refractivity contribution < 1.29 is 9.59 Å². The van der Waals surface area contributed by atoms with E-state index in [-0.39, 0.29) is 11.9 Å². The van der Waals surface area contributed by atoms with Gasteiger partial charge in [0.1, 0.15) is 5.00 Å². The monoisotopic (exact) mass is 322 g/mol. The van der Waals surface area contributed by atoms with Crippen LogP contribution in [0.4, 0.5) is 5.00 Å². The first-order valence-electron chi connectivity index (χ1n) is 7.81. The van der Waals surface area contributed by atoms with Gasteiger partial charge in [0.05, 0.1) is 11.6 Å². The van der Waals surface area contributed by atoms with Crippen LogP contribution in [0.2, 0.25) is 0 Å². The van der Waals surface area contributed by atoms with E-state index in [4.69, 9.17) is 5.73 Å². The lowest BCUT2D eigenvalue weighted by atomic mass is 10.0. The molecule has 1 saturated heterocycles. The highest BCUT2D eigenvalue weighted by Gasteiger charge is 2.29. The van der Waals surface area contributed by atoms with E-state index in [0.717, 1.165) is 55.9 Å². The lowest BCUT2D eigenvalue weighted by Gasteiger charge is -2.25. The third kappa shape index (κ3) is 2.88. The summed E-state index contributed by atoms with van der Waals surface area (Å²) in [4.78, 5) is 27.6. The molecule has 0 aliphatic carbocycles. The Morgan fingerprint density at radius 1 is 1.50 bits per heavy atom. The average Bonchev–Trinajstić information content (AvgIpc) is 3.13. The van der Waals surface area contributed by atoms with Crippen LogP contribution >= 0.6 is 11.3 Å². The summed E-state index contributed by atoms with van der Waals surface area (Å²) in [6.07, 6.45) is 2.66. The van der Waals surface area contributed by atoms with Crippen molar-refractivity contribution in [3.8, 4) is 0 Å². The van der Waals surface area contributed by atoms with E-state index < -0.39 is 5.91 Å². The van der Waals surface area contributed by atoms with Gasteiger partial charge in [-0.1, -0.05) is 6.92 Å². The van der Waals surface area contributed by atoms with Crippen molar-refractivity contribution in [1.29, 1.82) is 0 Å². The molecular weight excluding hydrogens is 300 g/mol. The fourth-order valence-corrected chi connectivity index (χ4v) is 4.48. The molecule has 4 N–H and O–H groups in total. The lowest BCUT2D eigenvalue weighted by Crippen LogP contribution is -2.35. The maximum atomic E-state index is 12.3. The molecule has 2 amide bonds. The van der Waals surface area contributed by atoms with Gasteiger partial charge in [0.25, 0.3) is 5.91 Å². The lowest BCUT2D eigenvalue weighted by molar-refractivity contribution is -0.117. The second kappa shape index (κ2) is 6.36. The molecule has 0 radical (unpaired) electrons. The number of hydrogen-bond acceptors (Lipinski definition) is 5. The predicted octanol–water partition coefficient (Wildman–Crippen LogP) is 0.915. The third-order valence-electron chi connectivity index (χ3n) is 4.44. The van der Waals surface area contributed by atoms with Crippen LogP contribution in [0, 0.1) is 0 Å². The highest BCUT2D eigenvalue weighted by molar-refractivity contribution is 7.17. The molecule has 0 bridgehead atoms. The quantitative estimate of drug-likeness (QED) is 0.769. The minimum atomic E-state index is -0.447. The molecule has 0 spiro atoms. The number of fused-ring (bicyclic) bond motifs is 1. The molecule has 1 aromatic heterocycles. The second-order valence-corrected chi connectivity index (χ2v) is 6.93. The van der Waals surface area contributed by atoms with E-state index in [1.807, 2.05) is 0 Å². The van der Waals surface area contributed by atoms with E-state index in [0.29, 0.717) is 10.6 Å². The van der Waals surface area contributed by atoms with E-state index in [1.54, 1.807) is 0 Å². The van der Waals surface area contributed by atoms with Gasteiger partial charge in [0.2, 0.25) is 5.91 Å². The summed E-state index contributed by atoms with van der Waals surface area (Å²) in [6.45, 7) is 5.73. The minimum absolute atomic E-state index is 0.0639. The zero-order valence-corrected chi connectivity index (χ0v) is 13.6. The van der Waals surface area contributed by atoms with E-state index in [1.165, 1.54) is 11.3 Å². The van der Waals surface area contributed by atoms with Gasteiger partial charge in [0, 0.05) is 18.0 Å². The van der Waals surface area contributed by atoms with Crippen LogP contribution in [0.3, 0.4) is 0 Å². The van der Waals surface area contributed by atoms with Gasteiger partial charge >= 0.3 is 0 Å². The number of hydrogen-bond donors (Lipinski definition) is 3. The molecule has 0 unspecified atom stereocenters. The van der Waals surface area contributed by atoms with Crippen molar-refractivity contribution in [3.05, 3.63) is 16.0 Å². The Kier molecular flexibility index (Phi) is 4.46. The first-order chi connectivity index (χ1) is 10.6. The second-order valence-electron chi connectivity index (χ2n) is 5.83. The van der Waals surface area contributed by atoms with Crippen molar-refractivity contribution in [2.75, 3.05) is 25.0 Å². The molecule has 120 valence electrons. The highest BCUT2D eigenvalue weighted by Crippen LogP contribution is 2.37. The Bertz CT molecular complexity index is 593. The van der Waals surface area contributed by atoms with Crippen molar-refractivity contribution in [1.82, 2.24) is 10.2 Å². The molecule has 1 fully saturated rings. The fraction of sp³-hybridized carbons (Fsp3) is 0.600. The van der Waals surface area contributed by atoms with Crippen LogP contribution < -0.4 is 16.4 Å². The Morgan fingerprint density at radius 3 is 2.95 bits per heavy atom. The molecule has 3 rings (SSSR count). The third-order valence-corrected chi connectivity index (χ3v) is 5.58. The van der Waals surface area contributed by atoms with Gasteiger partial charge in [-0.3, -0.25) is 14.5 Å². The molecule has 3 heterocycles. The van der Waals surface area contributed by atoms with Gasteiger partial charge in [-0.15, -0.1) is 11.3 Å². The molecule has 1 atom stereocenters. The maximum Gasteiger partial charge on any atom is 0.251 e. The number of thiophene rings is 1. The van der Waals surface area contributed by atoms with Gasteiger partial charge in [-0.25, -0.2) is 0 Å². The number of nitrogens with one attached hydrogen (secondary N) is 2. The Morgan fingerprint density at radius 2 is 2.32 bits per heavy atom. The van der Waals surface area contributed by atoms with Crippen molar-refractivity contribution in [2.24, 2.45) is 5.73 Å². The standard InChI is InChI=1S/C15H22N4O2S/c1-2-19-7-5-9-11(8-19)22-15(12(9)13(16)20)18-14(21)10-4-3-6-17-10/h10,17H,2-8H2,1H3,(H2,16,20)(H,18,21)/t10-/m0/s1. The summed E-state index contributed by atoms with van der Waals surface area (Å²) in [7, 11) is 0. The van der Waals surface area contributed by atoms with E-state index in [2.05, 4.69) is 22.5 Å². The van der Waals surface area contributed by atoms with Crippen LogP contribution in [-0.4, -0.2) is 42.4 Å². The number of amides is 2. The summed E-state index contributed by atoms with van der Waals surface area (Å²) in [5.74, 6) is -0.511. The number of primary amides is 1. The van der Waals surface area contributed by atoms with Gasteiger partial charge < -0.3 is 16.4 Å². The van der Waals surface area contributed by atoms with Crippen LogP contribution in [0.15, 0.2) is 0 Å². The van der Waals surface area contributed by atoms with Crippen molar-refractivity contribution in [2.45, 2.75) is 38.8 Å². The van der Waals surface area contributed by atoms with Gasteiger partial charge in [0.15, 0.2) is 0 Å². The van der Waals surface area contributed by atoms with Crippen LogP contribution in [0.5, 0.6) is 0 Å². The molecule has 22 heavy (non-hydrogen) atoms. The number of nitrogens with zero attached hydrogens (tertiary/aromatic N) is 1. The molecule has 7 heteroatoms. The fourth-order valence-electron chi connectivity index (χ4n) is 3.18. The number of likely N-dealkylation sites (N-methyl/N-ethyl adjacent to an activating group) is 1. The van der Waals surface area contributed by atoms with Gasteiger partial charge in [-0.2, -0.15) is 0 Å². The van der Waals surface area contributed by atoms with Crippen molar-refractivity contribution in [3.63, 3.8) is 0 Å². The smallest absolute Gasteiger partial charge is 0.251 e. The molecular formula is C15H22N4O2S. The number of carbonyl (C=O) groups excluding carboxylic acids is 2. The summed E-state index contributed by atoms with van der Waals surface area (Å²) in [5, 5.41) is 6.71. The van der Waals surface area contributed by atoms with E-state index in [9.17, 15) is 9.59 Å². The number of anilines is 1. The summed E-state index contributed by atoms with van der Waals surface area (Å²) < 4.78 is 0. The Balaban J connectivity index is 1.85. The molecule has 0 aromatic carbocycles. The number of rotatable bonds is 4. The molecule has 6 nitrogen and oxygen atoms in total. The average molecular weight is 322 g/mol. The minimum Gasteiger partial charge on any atom is -0.365 e. The van der Waals surface area contributed by atoms with Crippen LogP contribution in [0.25, 0.3) is 0 Å². The topological polar surface area (TPSA) is 87.5 Å². The van der Waals surface area contributed by atoms with Crippen molar-refractivity contribution >= 4 is 28.2 Å². The predicted molar refractivity (Wildman–Crippen MR) is 87.1 cm³/mol. The SMILES string of the molecule is CCN1CCc2c(sc(NC(=O)[C@@H]3CCCN3)c2C(N)=O)C1.